The van der Waals surface area contributed by atoms with Crippen molar-refractivity contribution in [2.45, 2.75) is 33.2 Å². The van der Waals surface area contributed by atoms with Crippen molar-refractivity contribution in [1.82, 2.24) is 4.90 Å². The molecule has 1 amide bonds. The Hall–Kier alpha value is -2.13. The van der Waals surface area contributed by atoms with Crippen molar-refractivity contribution >= 4 is 11.6 Å². The Labute approximate surface area is 151 Å². The van der Waals surface area contributed by atoms with Crippen LogP contribution in [-0.4, -0.2) is 23.9 Å². The van der Waals surface area contributed by atoms with Crippen LogP contribution in [0, 0.1) is 18.8 Å². The van der Waals surface area contributed by atoms with Gasteiger partial charge in [0.05, 0.1) is 0 Å². The quantitative estimate of drug-likeness (QED) is 0.881. The summed E-state index contributed by atoms with van der Waals surface area (Å²) < 4.78 is 0. The van der Waals surface area contributed by atoms with E-state index >= 15 is 0 Å². The highest BCUT2D eigenvalue weighted by Gasteiger charge is 2.32. The van der Waals surface area contributed by atoms with E-state index in [1.807, 2.05) is 42.5 Å². The fourth-order valence-corrected chi connectivity index (χ4v) is 3.93. The molecule has 1 fully saturated rings. The number of amides is 1. The van der Waals surface area contributed by atoms with Crippen LogP contribution in [-0.2, 0) is 4.79 Å². The molecule has 3 nitrogen and oxygen atoms in total. The van der Waals surface area contributed by atoms with Gasteiger partial charge in [-0.1, -0.05) is 61.9 Å². The number of hydrogen-bond acceptors (Lipinski definition) is 2. The van der Waals surface area contributed by atoms with Gasteiger partial charge >= 0.3 is 0 Å². The summed E-state index contributed by atoms with van der Waals surface area (Å²) >= 11 is 0. The molecule has 0 radical (unpaired) electrons. The van der Waals surface area contributed by atoms with E-state index in [9.17, 15) is 4.79 Å². The summed E-state index contributed by atoms with van der Waals surface area (Å²) in [5, 5.41) is 3.11. The molecule has 0 spiro atoms. The SMILES string of the molecule is Cc1ccc(NC(=O)C(c2ccccc2)N2CC(C)CC(C)C2)cc1. The van der Waals surface area contributed by atoms with Crippen LogP contribution in [0.25, 0.3) is 0 Å². The molecule has 3 rings (SSSR count). The molecule has 2 aromatic rings. The zero-order valence-electron chi connectivity index (χ0n) is 15.4. The topological polar surface area (TPSA) is 32.3 Å². The van der Waals surface area contributed by atoms with Crippen molar-refractivity contribution in [2.24, 2.45) is 11.8 Å². The Morgan fingerprint density at radius 3 is 2.20 bits per heavy atom. The summed E-state index contributed by atoms with van der Waals surface area (Å²) in [5.41, 5.74) is 3.11. The van der Waals surface area contributed by atoms with E-state index in [2.05, 4.69) is 43.1 Å². The van der Waals surface area contributed by atoms with Gasteiger partial charge in [0.2, 0.25) is 5.91 Å². The maximum atomic E-state index is 13.2. The zero-order valence-corrected chi connectivity index (χ0v) is 15.4. The van der Waals surface area contributed by atoms with E-state index in [-0.39, 0.29) is 11.9 Å². The number of rotatable bonds is 4. The van der Waals surface area contributed by atoms with Gasteiger partial charge in [0.1, 0.15) is 6.04 Å². The fourth-order valence-electron chi connectivity index (χ4n) is 3.93. The van der Waals surface area contributed by atoms with Crippen LogP contribution in [0.15, 0.2) is 54.6 Å². The molecular weight excluding hydrogens is 308 g/mol. The number of carbonyl (C=O) groups is 1. The highest BCUT2D eigenvalue weighted by Crippen LogP contribution is 2.30. The van der Waals surface area contributed by atoms with E-state index in [1.54, 1.807) is 0 Å². The third-order valence-corrected chi connectivity index (χ3v) is 4.95. The predicted molar refractivity (Wildman–Crippen MR) is 104 cm³/mol. The third-order valence-electron chi connectivity index (χ3n) is 4.95. The summed E-state index contributed by atoms with van der Waals surface area (Å²) in [6.07, 6.45) is 1.23. The fraction of sp³-hybridized carbons (Fsp3) is 0.409. The molecule has 1 N–H and O–H groups in total. The summed E-state index contributed by atoms with van der Waals surface area (Å²) in [7, 11) is 0. The second kappa shape index (κ2) is 7.83. The van der Waals surface area contributed by atoms with Gasteiger partial charge in [-0.2, -0.15) is 0 Å². The molecule has 25 heavy (non-hydrogen) atoms. The second-order valence-corrected chi connectivity index (χ2v) is 7.57. The summed E-state index contributed by atoms with van der Waals surface area (Å²) in [4.78, 5) is 15.5. The lowest BCUT2D eigenvalue weighted by molar-refractivity contribution is -0.122. The maximum absolute atomic E-state index is 13.2. The number of anilines is 1. The molecule has 1 aliphatic heterocycles. The minimum Gasteiger partial charge on any atom is -0.324 e. The minimum atomic E-state index is -0.243. The number of nitrogens with zero attached hydrogens (tertiary/aromatic N) is 1. The molecule has 0 aromatic heterocycles. The number of benzene rings is 2. The first-order valence-corrected chi connectivity index (χ1v) is 9.19. The van der Waals surface area contributed by atoms with Gasteiger partial charge in [-0.15, -0.1) is 0 Å². The van der Waals surface area contributed by atoms with Crippen molar-refractivity contribution in [1.29, 1.82) is 0 Å². The Kier molecular flexibility index (Phi) is 5.54. The summed E-state index contributed by atoms with van der Waals surface area (Å²) in [6, 6.07) is 17.9. The number of carbonyl (C=O) groups excluding carboxylic acids is 1. The van der Waals surface area contributed by atoms with Crippen molar-refractivity contribution < 1.29 is 4.79 Å². The standard InChI is InChI=1S/C22H28N2O/c1-16-9-11-20(12-10-16)23-22(25)21(19-7-5-4-6-8-19)24-14-17(2)13-18(3)15-24/h4-12,17-18,21H,13-15H2,1-3H3,(H,23,25). The average Bonchev–Trinajstić information content (AvgIpc) is 2.57. The smallest absolute Gasteiger partial charge is 0.246 e. The maximum Gasteiger partial charge on any atom is 0.246 e. The molecule has 0 aliphatic carbocycles. The van der Waals surface area contributed by atoms with Gasteiger partial charge in [0.15, 0.2) is 0 Å². The van der Waals surface area contributed by atoms with E-state index in [4.69, 9.17) is 0 Å². The van der Waals surface area contributed by atoms with Crippen molar-refractivity contribution in [3.8, 4) is 0 Å². The highest BCUT2D eigenvalue weighted by atomic mass is 16.2. The number of likely N-dealkylation sites (tertiary alicyclic amines) is 1. The highest BCUT2D eigenvalue weighted by molar-refractivity contribution is 5.95. The molecule has 1 aliphatic rings. The van der Waals surface area contributed by atoms with E-state index in [0.717, 1.165) is 24.3 Å². The summed E-state index contributed by atoms with van der Waals surface area (Å²) in [6.45, 7) is 8.54. The second-order valence-electron chi connectivity index (χ2n) is 7.57. The van der Waals surface area contributed by atoms with Crippen molar-refractivity contribution in [3.05, 3.63) is 65.7 Å². The Morgan fingerprint density at radius 1 is 1.00 bits per heavy atom. The van der Waals surface area contributed by atoms with Crippen LogP contribution in [0.5, 0.6) is 0 Å². The van der Waals surface area contributed by atoms with Crippen LogP contribution >= 0.6 is 0 Å². The largest absolute Gasteiger partial charge is 0.324 e. The molecule has 1 heterocycles. The zero-order chi connectivity index (χ0) is 17.8. The average molecular weight is 336 g/mol. The first-order valence-electron chi connectivity index (χ1n) is 9.19. The molecule has 3 heteroatoms. The number of nitrogens with one attached hydrogen (secondary N) is 1. The van der Waals surface area contributed by atoms with Gasteiger partial charge < -0.3 is 5.32 Å². The van der Waals surface area contributed by atoms with E-state index < -0.39 is 0 Å². The van der Waals surface area contributed by atoms with Crippen LogP contribution in [0.4, 0.5) is 5.69 Å². The number of aryl methyl sites for hydroxylation is 1. The van der Waals surface area contributed by atoms with Crippen LogP contribution in [0.3, 0.4) is 0 Å². The molecule has 1 saturated heterocycles. The Bertz CT molecular complexity index is 686. The van der Waals surface area contributed by atoms with Gasteiger partial charge in [0.25, 0.3) is 0 Å². The van der Waals surface area contributed by atoms with Crippen LogP contribution in [0.2, 0.25) is 0 Å². The van der Waals surface area contributed by atoms with Gasteiger partial charge in [0, 0.05) is 18.8 Å². The molecule has 3 atom stereocenters. The van der Waals surface area contributed by atoms with Gasteiger partial charge in [-0.25, -0.2) is 0 Å². The first-order chi connectivity index (χ1) is 12.0. The van der Waals surface area contributed by atoms with Crippen LogP contribution < -0.4 is 5.32 Å². The van der Waals surface area contributed by atoms with Gasteiger partial charge in [-0.05, 0) is 42.9 Å². The molecular formula is C22H28N2O. The molecule has 0 bridgehead atoms. The minimum absolute atomic E-state index is 0.0522. The number of piperidine rings is 1. The summed E-state index contributed by atoms with van der Waals surface area (Å²) in [5.74, 6) is 1.28. The molecule has 3 unspecified atom stereocenters. The number of hydrogen-bond donors (Lipinski definition) is 1. The van der Waals surface area contributed by atoms with E-state index in [0.29, 0.717) is 11.8 Å². The lowest BCUT2D eigenvalue weighted by Gasteiger charge is -2.39. The molecule has 132 valence electrons. The predicted octanol–water partition coefficient (Wildman–Crippen LogP) is 4.65. The normalized spacial score (nSPS) is 22.4. The first kappa shape index (κ1) is 17.7. The lowest BCUT2D eigenvalue weighted by Crippen LogP contribution is -2.45. The van der Waals surface area contributed by atoms with Crippen molar-refractivity contribution in [2.75, 3.05) is 18.4 Å². The molecule has 2 aromatic carbocycles. The van der Waals surface area contributed by atoms with Crippen molar-refractivity contribution in [3.63, 3.8) is 0 Å². The van der Waals surface area contributed by atoms with Gasteiger partial charge in [-0.3, -0.25) is 9.69 Å². The van der Waals surface area contributed by atoms with E-state index in [1.165, 1.54) is 12.0 Å². The Balaban J connectivity index is 1.85. The monoisotopic (exact) mass is 336 g/mol. The lowest BCUT2D eigenvalue weighted by atomic mass is 9.89. The Morgan fingerprint density at radius 2 is 1.60 bits per heavy atom. The molecule has 0 saturated carbocycles. The van der Waals surface area contributed by atoms with Crippen LogP contribution in [0.1, 0.15) is 37.4 Å². The third kappa shape index (κ3) is 4.49.